The van der Waals surface area contributed by atoms with Crippen molar-refractivity contribution in [1.82, 2.24) is 15.3 Å². The van der Waals surface area contributed by atoms with E-state index in [2.05, 4.69) is 20.4 Å². The Balaban J connectivity index is 1.66. The Bertz CT molecular complexity index is 1070. The summed E-state index contributed by atoms with van der Waals surface area (Å²) in [7, 11) is 1.60. The van der Waals surface area contributed by atoms with E-state index in [0.29, 0.717) is 22.4 Å². The number of rotatable bonds is 4. The predicted molar refractivity (Wildman–Crippen MR) is 113 cm³/mol. The van der Waals surface area contributed by atoms with E-state index in [-0.39, 0.29) is 12.1 Å². The number of hydrogen-bond donors (Lipinski definition) is 1. The average Bonchev–Trinajstić information content (AvgIpc) is 2.73. The van der Waals surface area contributed by atoms with Gasteiger partial charge in [0, 0.05) is 22.5 Å². The first kappa shape index (κ1) is 19.2. The molecule has 1 aliphatic rings. The zero-order chi connectivity index (χ0) is 20.4. The quantitative estimate of drug-likeness (QED) is 0.687. The van der Waals surface area contributed by atoms with Gasteiger partial charge in [0.2, 0.25) is 5.88 Å². The number of aryl methyl sites for hydroxylation is 1. The first-order chi connectivity index (χ1) is 14.0. The SMILES string of the molecule is COc1nc(C2=NO[C@H](C)[C@H](c3cccc(Cl)c3)N2)ccc1-c1ccnc(C)c1. The van der Waals surface area contributed by atoms with Crippen molar-refractivity contribution >= 4 is 17.4 Å². The highest BCUT2D eigenvalue weighted by Crippen LogP contribution is 2.30. The molecule has 148 valence electrons. The molecule has 29 heavy (non-hydrogen) atoms. The van der Waals surface area contributed by atoms with Gasteiger partial charge >= 0.3 is 0 Å². The maximum atomic E-state index is 6.16. The topological polar surface area (TPSA) is 68.6 Å². The summed E-state index contributed by atoms with van der Waals surface area (Å²) in [6, 6.07) is 15.4. The van der Waals surface area contributed by atoms with Crippen LogP contribution in [0, 0.1) is 6.92 Å². The molecule has 1 aromatic carbocycles. The minimum Gasteiger partial charge on any atom is -0.481 e. The molecular formula is C22H21ClN4O2. The zero-order valence-corrected chi connectivity index (χ0v) is 17.1. The van der Waals surface area contributed by atoms with E-state index in [1.54, 1.807) is 13.3 Å². The Morgan fingerprint density at radius 2 is 2.00 bits per heavy atom. The number of ether oxygens (including phenoxy) is 1. The summed E-state index contributed by atoms with van der Waals surface area (Å²) in [4.78, 5) is 14.5. The molecule has 0 radical (unpaired) electrons. The van der Waals surface area contributed by atoms with E-state index in [0.717, 1.165) is 22.4 Å². The monoisotopic (exact) mass is 408 g/mol. The second kappa shape index (κ2) is 8.09. The first-order valence-electron chi connectivity index (χ1n) is 9.29. The third-order valence-electron chi connectivity index (χ3n) is 4.78. The molecule has 2 aromatic heterocycles. The second-order valence-corrected chi connectivity index (χ2v) is 7.30. The van der Waals surface area contributed by atoms with Gasteiger partial charge in [0.25, 0.3) is 0 Å². The van der Waals surface area contributed by atoms with Gasteiger partial charge in [-0.1, -0.05) is 28.9 Å². The summed E-state index contributed by atoms with van der Waals surface area (Å²) >= 11 is 6.16. The van der Waals surface area contributed by atoms with Crippen LogP contribution in [0.3, 0.4) is 0 Å². The number of pyridine rings is 2. The summed E-state index contributed by atoms with van der Waals surface area (Å²) in [5, 5.41) is 8.31. The first-order valence-corrected chi connectivity index (χ1v) is 9.67. The summed E-state index contributed by atoms with van der Waals surface area (Å²) in [6.45, 7) is 3.91. The predicted octanol–water partition coefficient (Wildman–Crippen LogP) is 4.53. The summed E-state index contributed by atoms with van der Waals surface area (Å²) in [5.41, 5.74) is 4.47. The van der Waals surface area contributed by atoms with Crippen molar-refractivity contribution in [3.05, 3.63) is 76.7 Å². The van der Waals surface area contributed by atoms with Gasteiger partial charge in [-0.3, -0.25) is 4.98 Å². The van der Waals surface area contributed by atoms with Crippen molar-refractivity contribution in [1.29, 1.82) is 0 Å². The van der Waals surface area contributed by atoms with Gasteiger partial charge in [-0.15, -0.1) is 0 Å². The summed E-state index contributed by atoms with van der Waals surface area (Å²) in [5.74, 6) is 1.05. The number of methoxy groups -OCH3 is 1. The molecule has 1 N–H and O–H groups in total. The third-order valence-corrected chi connectivity index (χ3v) is 5.02. The van der Waals surface area contributed by atoms with Crippen LogP contribution in [0.25, 0.3) is 11.1 Å². The van der Waals surface area contributed by atoms with Crippen molar-refractivity contribution < 1.29 is 9.57 Å². The second-order valence-electron chi connectivity index (χ2n) is 6.87. The maximum absolute atomic E-state index is 6.16. The molecule has 4 rings (SSSR count). The number of nitrogens with one attached hydrogen (secondary N) is 1. The van der Waals surface area contributed by atoms with Crippen LogP contribution < -0.4 is 10.1 Å². The van der Waals surface area contributed by atoms with Crippen LogP contribution in [0.5, 0.6) is 5.88 Å². The Labute approximate surface area is 174 Å². The van der Waals surface area contributed by atoms with Crippen LogP contribution in [0.15, 0.2) is 59.9 Å². The molecule has 2 atom stereocenters. The smallest absolute Gasteiger partial charge is 0.221 e. The van der Waals surface area contributed by atoms with E-state index in [1.807, 2.05) is 62.4 Å². The molecule has 3 aromatic rings. The highest BCUT2D eigenvalue weighted by Gasteiger charge is 2.28. The van der Waals surface area contributed by atoms with Crippen molar-refractivity contribution in [2.24, 2.45) is 5.16 Å². The number of benzene rings is 1. The molecule has 3 heterocycles. The summed E-state index contributed by atoms with van der Waals surface area (Å²) < 4.78 is 5.55. The molecule has 0 bridgehead atoms. The fraction of sp³-hybridized carbons (Fsp3) is 0.227. The minimum atomic E-state index is -0.154. The van der Waals surface area contributed by atoms with Crippen LogP contribution >= 0.6 is 11.6 Å². The number of nitrogens with zero attached hydrogens (tertiary/aromatic N) is 3. The van der Waals surface area contributed by atoms with Crippen molar-refractivity contribution in [2.75, 3.05) is 7.11 Å². The van der Waals surface area contributed by atoms with Gasteiger partial charge in [0.05, 0.1) is 13.2 Å². The molecular weight excluding hydrogens is 388 g/mol. The van der Waals surface area contributed by atoms with E-state index in [4.69, 9.17) is 21.2 Å². The van der Waals surface area contributed by atoms with Gasteiger partial charge in [0.1, 0.15) is 11.8 Å². The molecule has 0 spiro atoms. The molecule has 0 unspecified atom stereocenters. The van der Waals surface area contributed by atoms with Gasteiger partial charge in [0.15, 0.2) is 5.84 Å². The Morgan fingerprint density at radius 3 is 2.76 bits per heavy atom. The van der Waals surface area contributed by atoms with Gasteiger partial charge in [-0.2, -0.15) is 0 Å². The van der Waals surface area contributed by atoms with E-state index < -0.39 is 0 Å². The fourth-order valence-corrected chi connectivity index (χ4v) is 3.52. The number of amidine groups is 1. The van der Waals surface area contributed by atoms with E-state index >= 15 is 0 Å². The van der Waals surface area contributed by atoms with Crippen LogP contribution in [0.1, 0.15) is 29.9 Å². The number of aromatic nitrogens is 2. The van der Waals surface area contributed by atoms with Crippen molar-refractivity contribution in [3.63, 3.8) is 0 Å². The molecule has 1 aliphatic heterocycles. The Morgan fingerprint density at radius 1 is 1.14 bits per heavy atom. The highest BCUT2D eigenvalue weighted by atomic mass is 35.5. The third kappa shape index (κ3) is 4.03. The summed E-state index contributed by atoms with van der Waals surface area (Å²) in [6.07, 6.45) is 1.62. The molecule has 0 saturated heterocycles. The van der Waals surface area contributed by atoms with Crippen LogP contribution in [-0.4, -0.2) is 29.0 Å². The molecule has 6 nitrogen and oxygen atoms in total. The minimum absolute atomic E-state index is 0.100. The number of oxime groups is 1. The number of halogens is 1. The normalized spacial score (nSPS) is 18.4. The lowest BCUT2D eigenvalue weighted by Crippen LogP contribution is -2.40. The van der Waals surface area contributed by atoms with Gasteiger partial charge < -0.3 is 14.9 Å². The van der Waals surface area contributed by atoms with Crippen molar-refractivity contribution in [2.45, 2.75) is 26.0 Å². The van der Waals surface area contributed by atoms with Crippen LogP contribution in [0.4, 0.5) is 0 Å². The number of hydrogen-bond acceptors (Lipinski definition) is 6. The lowest BCUT2D eigenvalue weighted by atomic mass is 10.0. The van der Waals surface area contributed by atoms with Gasteiger partial charge in [-0.25, -0.2) is 4.98 Å². The molecule has 0 saturated carbocycles. The lowest BCUT2D eigenvalue weighted by molar-refractivity contribution is 0.0342. The molecule has 0 amide bonds. The van der Waals surface area contributed by atoms with E-state index in [9.17, 15) is 0 Å². The van der Waals surface area contributed by atoms with E-state index in [1.165, 1.54) is 0 Å². The largest absolute Gasteiger partial charge is 0.481 e. The highest BCUT2D eigenvalue weighted by molar-refractivity contribution is 6.30. The van der Waals surface area contributed by atoms with Crippen LogP contribution in [-0.2, 0) is 4.84 Å². The standard InChI is InChI=1S/C22H21ClN4O2/c1-13-11-15(9-10-24-13)18-7-8-19(25-22(18)28-3)21-26-20(14(2)29-27-21)16-5-4-6-17(23)12-16/h4-12,14,20H,1-3H3,(H,26,27)/t14-,20-/m1/s1. The maximum Gasteiger partial charge on any atom is 0.221 e. The van der Waals surface area contributed by atoms with Crippen LogP contribution in [0.2, 0.25) is 5.02 Å². The van der Waals surface area contributed by atoms with Gasteiger partial charge in [-0.05, 0) is 61.4 Å². The van der Waals surface area contributed by atoms with Crippen molar-refractivity contribution in [3.8, 4) is 17.0 Å². The Hall–Kier alpha value is -3.12. The lowest BCUT2D eigenvalue weighted by Gasteiger charge is -2.29. The molecule has 0 fully saturated rings. The average molecular weight is 409 g/mol. The fourth-order valence-electron chi connectivity index (χ4n) is 3.32. The molecule has 7 heteroatoms. The zero-order valence-electron chi connectivity index (χ0n) is 16.4. The Kier molecular flexibility index (Phi) is 5.36. The molecule has 0 aliphatic carbocycles.